The molecule has 9 heteroatoms. The van der Waals surface area contributed by atoms with E-state index in [4.69, 9.17) is 46.4 Å². The average molecular weight is 560 g/mol. The van der Waals surface area contributed by atoms with Crippen LogP contribution in [-0.2, 0) is 19.5 Å². The molecule has 0 saturated heterocycles. The topological polar surface area (TPSA) is 50.2 Å². The third kappa shape index (κ3) is 5.41. The van der Waals surface area contributed by atoms with Gasteiger partial charge in [0.1, 0.15) is 5.15 Å². The van der Waals surface area contributed by atoms with Crippen molar-refractivity contribution in [2.75, 3.05) is 13.1 Å². The van der Waals surface area contributed by atoms with Crippen LogP contribution in [0.2, 0.25) is 20.2 Å². The summed E-state index contributed by atoms with van der Waals surface area (Å²) in [4.78, 5) is 19.7. The van der Waals surface area contributed by atoms with Gasteiger partial charge in [0, 0.05) is 54.9 Å². The number of aromatic nitrogens is 2. The van der Waals surface area contributed by atoms with Gasteiger partial charge >= 0.3 is 6.03 Å². The summed E-state index contributed by atoms with van der Waals surface area (Å²) in [6.45, 7) is 2.67. The van der Waals surface area contributed by atoms with Crippen molar-refractivity contribution in [1.82, 2.24) is 19.8 Å². The zero-order valence-electron chi connectivity index (χ0n) is 19.1. The van der Waals surface area contributed by atoms with E-state index in [9.17, 15) is 4.79 Å². The Morgan fingerprint density at radius 3 is 2.69 bits per heavy atom. The Balaban J connectivity index is 1.36. The van der Waals surface area contributed by atoms with Crippen molar-refractivity contribution in [3.8, 4) is 0 Å². The molecule has 1 aliphatic rings. The largest absolute Gasteiger partial charge is 0.333 e. The molecule has 5 rings (SSSR count). The van der Waals surface area contributed by atoms with Crippen LogP contribution in [0.1, 0.15) is 22.4 Å². The number of halogens is 4. The molecular formula is C27H22Cl4N4O. The number of pyridine rings is 1. The molecule has 1 amide bonds. The van der Waals surface area contributed by atoms with Crippen molar-refractivity contribution in [2.45, 2.75) is 19.5 Å². The summed E-state index contributed by atoms with van der Waals surface area (Å²) >= 11 is 24.5. The van der Waals surface area contributed by atoms with Gasteiger partial charge in [-0.3, -0.25) is 9.47 Å². The van der Waals surface area contributed by atoms with Crippen molar-refractivity contribution in [3.63, 3.8) is 0 Å². The lowest BCUT2D eigenvalue weighted by molar-refractivity contribution is 0.240. The molecule has 1 N–H and O–H groups in total. The first-order valence-corrected chi connectivity index (χ1v) is 12.9. The first-order chi connectivity index (χ1) is 17.4. The lowest BCUT2D eigenvalue weighted by atomic mass is 10.0. The van der Waals surface area contributed by atoms with Gasteiger partial charge in [-0.1, -0.05) is 64.6 Å². The highest BCUT2D eigenvalue weighted by Crippen LogP contribution is 2.33. The van der Waals surface area contributed by atoms with E-state index in [-0.39, 0.29) is 6.03 Å². The van der Waals surface area contributed by atoms with E-state index in [1.165, 1.54) is 0 Å². The third-order valence-electron chi connectivity index (χ3n) is 6.24. The Morgan fingerprint density at radius 1 is 1.03 bits per heavy atom. The number of benzene rings is 2. The quantitative estimate of drug-likeness (QED) is 0.258. The Morgan fingerprint density at radius 2 is 1.89 bits per heavy atom. The molecule has 36 heavy (non-hydrogen) atoms. The molecular weight excluding hydrogens is 538 g/mol. The van der Waals surface area contributed by atoms with Gasteiger partial charge in [0.15, 0.2) is 0 Å². The minimum Gasteiger partial charge on any atom is -0.333 e. The highest BCUT2D eigenvalue weighted by molar-refractivity contribution is 6.42. The minimum atomic E-state index is -0.176. The molecule has 0 fully saturated rings. The number of hydrogen-bond donors (Lipinski definition) is 1. The van der Waals surface area contributed by atoms with Gasteiger partial charge in [-0.05, 0) is 59.2 Å². The molecule has 0 unspecified atom stereocenters. The molecule has 2 aromatic carbocycles. The zero-order chi connectivity index (χ0) is 25.2. The third-order valence-corrected chi connectivity index (χ3v) is 7.43. The maximum Gasteiger partial charge on any atom is 0.326 e. The van der Waals surface area contributed by atoms with E-state index >= 15 is 0 Å². The second-order valence-electron chi connectivity index (χ2n) is 8.63. The highest BCUT2D eigenvalue weighted by Gasteiger charge is 2.26. The zero-order valence-corrected chi connectivity index (χ0v) is 22.2. The number of carbonyl (C=O) groups excluding carboxylic acids is 1. The van der Waals surface area contributed by atoms with Crippen LogP contribution in [0, 0.1) is 0 Å². The van der Waals surface area contributed by atoms with Gasteiger partial charge in [-0.25, -0.2) is 9.78 Å². The number of hydrogen-bond acceptors (Lipinski definition) is 3. The number of carbonyl (C=O) groups is 1. The molecule has 5 nitrogen and oxygen atoms in total. The maximum absolute atomic E-state index is 13.3. The van der Waals surface area contributed by atoms with Crippen LogP contribution in [0.25, 0.3) is 17.0 Å². The van der Waals surface area contributed by atoms with Gasteiger partial charge < -0.3 is 5.32 Å². The smallest absolute Gasteiger partial charge is 0.326 e. The summed E-state index contributed by atoms with van der Waals surface area (Å²) in [7, 11) is 0. The van der Waals surface area contributed by atoms with Gasteiger partial charge in [0.25, 0.3) is 0 Å². The molecule has 0 bridgehead atoms. The number of nitrogens with one attached hydrogen (secondary N) is 1. The monoisotopic (exact) mass is 558 g/mol. The van der Waals surface area contributed by atoms with Gasteiger partial charge in [0.05, 0.1) is 15.6 Å². The molecule has 0 atom stereocenters. The number of nitrogens with zero attached hydrogens (tertiary/aromatic N) is 3. The predicted molar refractivity (Wildman–Crippen MR) is 148 cm³/mol. The Hall–Kier alpha value is -2.54. The average Bonchev–Trinajstić information content (AvgIpc) is 3.18. The van der Waals surface area contributed by atoms with Gasteiger partial charge in [-0.2, -0.15) is 0 Å². The number of amides is 1. The van der Waals surface area contributed by atoms with Gasteiger partial charge in [0.2, 0.25) is 0 Å². The first-order valence-electron chi connectivity index (χ1n) is 11.4. The van der Waals surface area contributed by atoms with Crippen molar-refractivity contribution >= 4 is 69.4 Å². The Kier molecular flexibility index (Phi) is 7.56. The first kappa shape index (κ1) is 25.1. The van der Waals surface area contributed by atoms with Crippen molar-refractivity contribution in [2.24, 2.45) is 0 Å². The SMILES string of the molecule is O=C(NCc1ccnc(Cl)c1)n1c2c(c3cc(Cl)ccc31)CN(CC=Cc1ccc(Cl)c(Cl)c1)CC2. The second-order valence-corrected chi connectivity index (χ2v) is 10.3. The number of fused-ring (bicyclic) bond motifs is 3. The summed E-state index contributed by atoms with van der Waals surface area (Å²) in [5.41, 5.74) is 4.88. The van der Waals surface area contributed by atoms with Crippen LogP contribution in [-0.4, -0.2) is 33.6 Å². The summed E-state index contributed by atoms with van der Waals surface area (Å²) in [5.74, 6) is 0. The van der Waals surface area contributed by atoms with E-state index in [0.717, 1.165) is 59.3 Å². The summed E-state index contributed by atoms with van der Waals surface area (Å²) in [6, 6.07) is 14.7. The van der Waals surface area contributed by atoms with E-state index in [1.807, 2.05) is 42.5 Å². The number of rotatable bonds is 5. The molecule has 3 heterocycles. The van der Waals surface area contributed by atoms with Crippen LogP contribution < -0.4 is 5.32 Å². The molecule has 2 aromatic heterocycles. The predicted octanol–water partition coefficient (Wildman–Crippen LogP) is 7.48. The molecule has 0 saturated carbocycles. The second kappa shape index (κ2) is 10.8. The molecule has 0 aliphatic carbocycles. The van der Waals surface area contributed by atoms with E-state index < -0.39 is 0 Å². The van der Waals surface area contributed by atoms with Crippen LogP contribution in [0.15, 0.2) is 60.8 Å². The Labute approximate surface area is 229 Å². The van der Waals surface area contributed by atoms with Crippen molar-refractivity contribution < 1.29 is 4.79 Å². The Bertz CT molecular complexity index is 1480. The molecule has 0 radical (unpaired) electrons. The fourth-order valence-electron chi connectivity index (χ4n) is 4.54. The van der Waals surface area contributed by atoms with Crippen LogP contribution >= 0.6 is 46.4 Å². The molecule has 184 valence electrons. The minimum absolute atomic E-state index is 0.176. The summed E-state index contributed by atoms with van der Waals surface area (Å²) in [5, 5.41) is 6.14. The lowest BCUT2D eigenvalue weighted by Crippen LogP contribution is -2.34. The normalized spacial score (nSPS) is 13.9. The van der Waals surface area contributed by atoms with Crippen molar-refractivity contribution in [3.05, 3.63) is 103 Å². The van der Waals surface area contributed by atoms with Crippen molar-refractivity contribution in [1.29, 1.82) is 0 Å². The molecule has 1 aliphatic heterocycles. The van der Waals surface area contributed by atoms with Gasteiger partial charge in [-0.15, -0.1) is 0 Å². The summed E-state index contributed by atoms with van der Waals surface area (Å²) in [6.07, 6.45) is 6.53. The van der Waals surface area contributed by atoms with E-state index in [2.05, 4.69) is 21.3 Å². The van der Waals surface area contributed by atoms with Crippen LogP contribution in [0.5, 0.6) is 0 Å². The van der Waals surface area contributed by atoms with E-state index in [1.54, 1.807) is 22.9 Å². The highest BCUT2D eigenvalue weighted by atomic mass is 35.5. The van der Waals surface area contributed by atoms with Crippen LogP contribution in [0.3, 0.4) is 0 Å². The van der Waals surface area contributed by atoms with Crippen LogP contribution in [0.4, 0.5) is 4.79 Å². The molecule has 0 spiro atoms. The lowest BCUT2D eigenvalue weighted by Gasteiger charge is -2.27. The van der Waals surface area contributed by atoms with E-state index in [0.29, 0.717) is 26.8 Å². The fourth-order valence-corrected chi connectivity index (χ4v) is 5.21. The standard InChI is InChI=1S/C27H22Cl4N4O/c28-19-4-6-24-20(14-19)21-16-34(10-1-2-17-3-5-22(29)23(30)12-17)11-8-25(21)35(24)27(36)33-15-18-7-9-32-26(31)13-18/h1-7,9,12-14H,8,10-11,15-16H2,(H,33,36). The molecule has 4 aromatic rings. The summed E-state index contributed by atoms with van der Waals surface area (Å²) < 4.78 is 1.78. The maximum atomic E-state index is 13.3. The fraction of sp³-hybridized carbons (Fsp3) is 0.185.